The molecular formula is C28H23F3N4O5. The number of carbonyl (C=O) groups excluding carboxylic acids is 2. The number of carbonyl (C=O) groups is 2. The van der Waals surface area contributed by atoms with Crippen LogP contribution in [-0.4, -0.2) is 45.9 Å². The summed E-state index contributed by atoms with van der Waals surface area (Å²) in [5, 5.41) is 1.99. The average molecular weight is 553 g/mol. The number of halogens is 3. The highest BCUT2D eigenvalue weighted by Gasteiger charge is 2.44. The molecule has 0 radical (unpaired) electrons. The number of nitrogens with zero attached hydrogens (tertiary/aromatic N) is 3. The summed E-state index contributed by atoms with van der Waals surface area (Å²) >= 11 is 0. The Kier molecular flexibility index (Phi) is 7.03. The average Bonchev–Trinajstić information content (AvgIpc) is 3.31. The minimum absolute atomic E-state index is 0.0234. The molecule has 0 aliphatic carbocycles. The lowest BCUT2D eigenvalue weighted by atomic mass is 10.1. The Bertz CT molecular complexity index is 1830. The summed E-state index contributed by atoms with van der Waals surface area (Å²) in [6.07, 6.45) is -5.44. The van der Waals surface area contributed by atoms with Gasteiger partial charge in [0.25, 0.3) is 11.8 Å². The first kappa shape index (κ1) is 26.9. The number of hydrogen-bond acceptors (Lipinski definition) is 7. The minimum Gasteiger partial charge on any atom is -0.465 e. The van der Waals surface area contributed by atoms with Crippen molar-refractivity contribution in [2.75, 3.05) is 13.7 Å². The van der Waals surface area contributed by atoms with E-state index >= 15 is 0 Å². The zero-order chi connectivity index (χ0) is 28.6. The Labute approximate surface area is 224 Å². The van der Waals surface area contributed by atoms with Gasteiger partial charge in [0, 0.05) is 29.2 Å². The van der Waals surface area contributed by atoms with Gasteiger partial charge in [0.15, 0.2) is 0 Å². The zero-order valence-electron chi connectivity index (χ0n) is 21.1. The first-order valence-electron chi connectivity index (χ1n) is 12.2. The minimum atomic E-state index is -5.43. The summed E-state index contributed by atoms with van der Waals surface area (Å²) in [4.78, 5) is 43.3. The highest BCUT2D eigenvalue weighted by molar-refractivity contribution is 5.99. The number of hydrogen-bond donors (Lipinski definition) is 1. The van der Waals surface area contributed by atoms with Crippen LogP contribution in [0.5, 0.6) is 0 Å². The standard InChI is InChI=1S/C28H23F3N4O5/c1-39-26(37)25(40-27(38)28(29,30)31)35-22-14-17-8-3-2-7-16(17)13-20(22)33-23(24(35)36)19-15-34(12-6-11-32)21-10-5-4-9-18(19)21/h2-5,7-10,13-15,25H,6,11-12,32H2,1H3. The number of esters is 2. The van der Waals surface area contributed by atoms with E-state index in [0.717, 1.165) is 18.0 Å². The molecule has 5 rings (SSSR count). The molecular weight excluding hydrogens is 529 g/mol. The quantitative estimate of drug-likeness (QED) is 0.236. The van der Waals surface area contributed by atoms with Crippen molar-refractivity contribution in [3.8, 4) is 11.3 Å². The number of fused-ring (bicyclic) bond motifs is 3. The van der Waals surface area contributed by atoms with Gasteiger partial charge in [0.1, 0.15) is 5.69 Å². The van der Waals surface area contributed by atoms with Gasteiger partial charge in [-0.15, -0.1) is 0 Å². The van der Waals surface area contributed by atoms with E-state index in [0.29, 0.717) is 40.4 Å². The summed E-state index contributed by atoms with van der Waals surface area (Å²) in [5.41, 5.74) is 5.92. The van der Waals surface area contributed by atoms with E-state index in [-0.39, 0.29) is 16.7 Å². The van der Waals surface area contributed by atoms with Crippen LogP contribution in [0.25, 0.3) is 44.0 Å². The molecule has 2 heterocycles. The Morgan fingerprint density at radius 2 is 1.70 bits per heavy atom. The molecule has 0 saturated carbocycles. The molecule has 0 saturated heterocycles. The molecule has 5 aromatic rings. The van der Waals surface area contributed by atoms with Crippen LogP contribution in [0.2, 0.25) is 0 Å². The lowest BCUT2D eigenvalue weighted by Gasteiger charge is -2.21. The lowest BCUT2D eigenvalue weighted by molar-refractivity contribution is -0.212. The van der Waals surface area contributed by atoms with Gasteiger partial charge in [0.05, 0.1) is 18.1 Å². The van der Waals surface area contributed by atoms with E-state index in [2.05, 4.69) is 14.5 Å². The van der Waals surface area contributed by atoms with Gasteiger partial charge >= 0.3 is 18.1 Å². The normalized spacial score (nSPS) is 12.6. The molecule has 12 heteroatoms. The van der Waals surface area contributed by atoms with Crippen LogP contribution in [0, 0.1) is 0 Å². The van der Waals surface area contributed by atoms with E-state index in [9.17, 15) is 27.6 Å². The monoisotopic (exact) mass is 552 g/mol. The van der Waals surface area contributed by atoms with Crippen molar-refractivity contribution in [1.29, 1.82) is 0 Å². The van der Waals surface area contributed by atoms with Gasteiger partial charge in [-0.3, -0.25) is 9.36 Å². The van der Waals surface area contributed by atoms with Crippen molar-refractivity contribution in [2.45, 2.75) is 25.4 Å². The third kappa shape index (κ3) is 4.77. The molecule has 1 atom stereocenters. The topological polar surface area (TPSA) is 118 Å². The Balaban J connectivity index is 1.85. The number of benzene rings is 3. The second kappa shape index (κ2) is 10.5. The Hall–Kier alpha value is -4.71. The van der Waals surface area contributed by atoms with Gasteiger partial charge in [-0.1, -0.05) is 42.5 Å². The summed E-state index contributed by atoms with van der Waals surface area (Å²) in [6.45, 7) is 0.971. The highest BCUT2D eigenvalue weighted by Crippen LogP contribution is 2.32. The number of aryl methyl sites for hydroxylation is 1. The highest BCUT2D eigenvalue weighted by atomic mass is 19.4. The molecule has 3 aromatic carbocycles. The van der Waals surface area contributed by atoms with E-state index in [1.54, 1.807) is 48.7 Å². The second-order valence-corrected chi connectivity index (χ2v) is 9.00. The summed E-state index contributed by atoms with van der Waals surface area (Å²) in [7, 11) is 0.909. The fraction of sp³-hybridized carbons (Fsp3) is 0.214. The zero-order valence-corrected chi connectivity index (χ0v) is 21.1. The molecule has 0 aliphatic rings. The maximum absolute atomic E-state index is 14.1. The molecule has 2 aromatic heterocycles. The van der Waals surface area contributed by atoms with Gasteiger partial charge < -0.3 is 19.8 Å². The first-order valence-corrected chi connectivity index (χ1v) is 12.2. The van der Waals surface area contributed by atoms with Gasteiger partial charge in [-0.2, -0.15) is 13.2 Å². The van der Waals surface area contributed by atoms with Crippen molar-refractivity contribution in [2.24, 2.45) is 5.73 Å². The Morgan fingerprint density at radius 1 is 1.02 bits per heavy atom. The molecule has 2 N–H and O–H groups in total. The van der Waals surface area contributed by atoms with Crippen molar-refractivity contribution in [1.82, 2.24) is 14.1 Å². The molecule has 0 spiro atoms. The first-order chi connectivity index (χ1) is 19.1. The van der Waals surface area contributed by atoms with Crippen LogP contribution >= 0.6 is 0 Å². The van der Waals surface area contributed by atoms with E-state index in [1.807, 2.05) is 16.7 Å². The predicted molar refractivity (Wildman–Crippen MR) is 141 cm³/mol. The number of methoxy groups -OCH3 is 1. The SMILES string of the molecule is COC(=O)C(OC(=O)C(F)(F)F)n1c(=O)c(-c2cn(CCCN)c3ccccc23)nc2cc3ccccc3cc21. The largest absolute Gasteiger partial charge is 0.491 e. The van der Waals surface area contributed by atoms with Crippen molar-refractivity contribution >= 4 is 44.6 Å². The van der Waals surface area contributed by atoms with Crippen LogP contribution in [-0.2, 0) is 25.6 Å². The summed E-state index contributed by atoms with van der Waals surface area (Å²) in [5.74, 6) is -4.03. The number of para-hydroxylation sites is 1. The number of rotatable bonds is 7. The molecule has 206 valence electrons. The predicted octanol–water partition coefficient (Wildman–Crippen LogP) is 4.30. The second-order valence-electron chi connectivity index (χ2n) is 9.00. The van der Waals surface area contributed by atoms with Crippen LogP contribution in [0.15, 0.2) is 71.7 Å². The fourth-order valence-corrected chi connectivity index (χ4v) is 4.66. The number of ether oxygens (including phenoxy) is 2. The fourth-order valence-electron chi connectivity index (χ4n) is 4.66. The third-order valence-corrected chi connectivity index (χ3v) is 6.49. The van der Waals surface area contributed by atoms with Crippen molar-refractivity contribution < 1.29 is 32.2 Å². The molecule has 0 bridgehead atoms. The van der Waals surface area contributed by atoms with Crippen LogP contribution in [0.3, 0.4) is 0 Å². The van der Waals surface area contributed by atoms with Gasteiger partial charge in [0.2, 0.25) is 0 Å². The van der Waals surface area contributed by atoms with Crippen LogP contribution in [0.1, 0.15) is 12.6 Å². The smallest absolute Gasteiger partial charge is 0.465 e. The van der Waals surface area contributed by atoms with Gasteiger partial charge in [-0.05, 0) is 41.9 Å². The summed E-state index contributed by atoms with van der Waals surface area (Å²) < 4.78 is 51.4. The van der Waals surface area contributed by atoms with E-state index in [1.165, 1.54) is 6.07 Å². The number of aromatic nitrogens is 3. The molecule has 0 amide bonds. The molecule has 0 fully saturated rings. The van der Waals surface area contributed by atoms with E-state index < -0.39 is 29.9 Å². The maximum atomic E-state index is 14.1. The van der Waals surface area contributed by atoms with E-state index in [4.69, 9.17) is 5.73 Å². The number of nitrogens with two attached hydrogens (primary N) is 1. The maximum Gasteiger partial charge on any atom is 0.491 e. The summed E-state index contributed by atoms with van der Waals surface area (Å²) in [6, 6.07) is 17.4. The van der Waals surface area contributed by atoms with Gasteiger partial charge in [-0.25, -0.2) is 14.6 Å². The molecule has 1 unspecified atom stereocenters. The Morgan fingerprint density at radius 3 is 2.38 bits per heavy atom. The van der Waals surface area contributed by atoms with Crippen molar-refractivity contribution in [3.05, 3.63) is 77.2 Å². The van der Waals surface area contributed by atoms with Crippen LogP contribution in [0.4, 0.5) is 13.2 Å². The number of alkyl halides is 3. The molecule has 40 heavy (non-hydrogen) atoms. The van der Waals surface area contributed by atoms with Crippen LogP contribution < -0.4 is 11.3 Å². The van der Waals surface area contributed by atoms with Crippen molar-refractivity contribution in [3.63, 3.8) is 0 Å². The third-order valence-electron chi connectivity index (χ3n) is 6.49. The lowest BCUT2D eigenvalue weighted by Crippen LogP contribution is -2.38. The molecule has 0 aliphatic heterocycles. The molecule has 9 nitrogen and oxygen atoms in total.